The highest BCUT2D eigenvalue weighted by molar-refractivity contribution is 14.0. The van der Waals surface area contributed by atoms with Crippen LogP contribution in [0.5, 0.6) is 5.75 Å². The van der Waals surface area contributed by atoms with Crippen molar-refractivity contribution in [3.63, 3.8) is 0 Å². The maximum Gasteiger partial charge on any atom is 0.248 e. The van der Waals surface area contributed by atoms with Gasteiger partial charge in [0.2, 0.25) is 5.89 Å². The third kappa shape index (κ3) is 8.52. The first-order valence-corrected chi connectivity index (χ1v) is 9.35. The molecular weight excluding hydrogens is 492 g/mol. The molecule has 2 aromatic rings. The predicted molar refractivity (Wildman–Crippen MR) is 119 cm³/mol. The molecule has 0 amide bonds. The number of rotatable bonds is 10. The number of aromatic nitrogens is 2. The Morgan fingerprint density at radius 2 is 2.03 bits per heavy atom. The zero-order valence-electron chi connectivity index (χ0n) is 17.2. The third-order valence-electron chi connectivity index (χ3n) is 3.83. The molecular formula is C19H29FIN5O3. The van der Waals surface area contributed by atoms with Gasteiger partial charge in [0.1, 0.15) is 30.8 Å². The van der Waals surface area contributed by atoms with Crippen molar-refractivity contribution < 1.29 is 18.4 Å². The van der Waals surface area contributed by atoms with Crippen LogP contribution in [-0.2, 0) is 11.3 Å². The molecule has 1 heterocycles. The van der Waals surface area contributed by atoms with E-state index < -0.39 is 0 Å². The van der Waals surface area contributed by atoms with Crippen LogP contribution in [0.15, 0.2) is 33.8 Å². The molecule has 0 saturated carbocycles. The predicted octanol–water partition coefficient (Wildman–Crippen LogP) is 3.40. The minimum atomic E-state index is -0.286. The van der Waals surface area contributed by atoms with E-state index in [1.807, 2.05) is 32.7 Å². The fourth-order valence-corrected chi connectivity index (χ4v) is 2.37. The van der Waals surface area contributed by atoms with Gasteiger partial charge in [0.15, 0.2) is 11.8 Å². The van der Waals surface area contributed by atoms with E-state index >= 15 is 0 Å². The van der Waals surface area contributed by atoms with Crippen LogP contribution in [0.3, 0.4) is 0 Å². The Balaban J connectivity index is 0.00000420. The number of hydrogen-bond acceptors (Lipinski definition) is 6. The lowest BCUT2D eigenvalue weighted by atomic mass is 10.3. The normalized spacial score (nSPS) is 12.2. The summed E-state index contributed by atoms with van der Waals surface area (Å²) in [6, 6.07) is 5.95. The SMILES string of the molecule is CCNC(=NCc1nc(C(C)OCC)no1)N(C)CCOc1ccc(F)cc1.I. The monoisotopic (exact) mass is 521 g/mol. The first kappa shape index (κ1) is 25.1. The lowest BCUT2D eigenvalue weighted by molar-refractivity contribution is 0.0683. The molecule has 1 aromatic heterocycles. The molecule has 0 fully saturated rings. The molecule has 0 bridgehead atoms. The van der Waals surface area contributed by atoms with Crippen LogP contribution >= 0.6 is 24.0 Å². The van der Waals surface area contributed by atoms with Gasteiger partial charge in [-0.3, -0.25) is 0 Å². The largest absolute Gasteiger partial charge is 0.492 e. The quantitative estimate of drug-likeness (QED) is 0.292. The molecule has 0 radical (unpaired) electrons. The molecule has 1 aromatic carbocycles. The average Bonchev–Trinajstić information content (AvgIpc) is 3.16. The average molecular weight is 521 g/mol. The molecule has 8 nitrogen and oxygen atoms in total. The first-order chi connectivity index (χ1) is 13.5. The number of likely N-dealkylation sites (N-methyl/N-ethyl adjacent to an activating group) is 1. The zero-order chi connectivity index (χ0) is 20.4. The first-order valence-electron chi connectivity index (χ1n) is 9.35. The Morgan fingerprint density at radius 3 is 2.69 bits per heavy atom. The molecule has 162 valence electrons. The Labute approximate surface area is 187 Å². The number of halogens is 2. The fourth-order valence-electron chi connectivity index (χ4n) is 2.37. The van der Waals surface area contributed by atoms with Gasteiger partial charge in [0.25, 0.3) is 0 Å². The minimum Gasteiger partial charge on any atom is -0.492 e. The Hall–Kier alpha value is -1.95. The number of guanidine groups is 1. The minimum absolute atomic E-state index is 0. The van der Waals surface area contributed by atoms with Crippen LogP contribution in [-0.4, -0.2) is 54.4 Å². The lowest BCUT2D eigenvalue weighted by Crippen LogP contribution is -2.40. The highest BCUT2D eigenvalue weighted by Gasteiger charge is 2.14. The van der Waals surface area contributed by atoms with E-state index in [4.69, 9.17) is 14.0 Å². The van der Waals surface area contributed by atoms with Gasteiger partial charge in [-0.2, -0.15) is 4.98 Å². The summed E-state index contributed by atoms with van der Waals surface area (Å²) in [5.74, 6) is 1.97. The van der Waals surface area contributed by atoms with Gasteiger partial charge in [-0.25, -0.2) is 9.38 Å². The van der Waals surface area contributed by atoms with Crippen LogP contribution in [0, 0.1) is 5.82 Å². The molecule has 0 aliphatic rings. The molecule has 0 saturated heterocycles. The van der Waals surface area contributed by atoms with Crippen molar-refractivity contribution in [2.24, 2.45) is 4.99 Å². The molecule has 1 unspecified atom stereocenters. The van der Waals surface area contributed by atoms with Gasteiger partial charge in [0.05, 0.1) is 6.54 Å². The van der Waals surface area contributed by atoms with Gasteiger partial charge in [-0.05, 0) is 45.0 Å². The zero-order valence-corrected chi connectivity index (χ0v) is 19.6. The van der Waals surface area contributed by atoms with Crippen molar-refractivity contribution in [3.05, 3.63) is 41.8 Å². The molecule has 0 aliphatic carbocycles. The number of benzene rings is 1. The standard InChI is InChI=1S/C19H28FN5O3.HI/c1-5-21-19(22-13-17-23-18(24-28-17)14(3)26-6-2)25(4)11-12-27-16-9-7-15(20)8-10-16;/h7-10,14H,5-6,11-13H2,1-4H3,(H,21,22);1H. The highest BCUT2D eigenvalue weighted by Crippen LogP contribution is 2.13. The summed E-state index contributed by atoms with van der Waals surface area (Å²) in [6.07, 6.45) is -0.217. The summed E-state index contributed by atoms with van der Waals surface area (Å²) >= 11 is 0. The Bertz CT molecular complexity index is 742. The fraction of sp³-hybridized carbons (Fsp3) is 0.526. The van der Waals surface area contributed by atoms with E-state index in [0.29, 0.717) is 43.2 Å². The maximum atomic E-state index is 12.9. The van der Waals surface area contributed by atoms with E-state index in [1.54, 1.807) is 12.1 Å². The van der Waals surface area contributed by atoms with E-state index in [2.05, 4.69) is 20.4 Å². The second kappa shape index (κ2) is 13.3. The van der Waals surface area contributed by atoms with Crippen molar-refractivity contribution in [2.45, 2.75) is 33.4 Å². The number of ether oxygens (including phenoxy) is 2. The van der Waals surface area contributed by atoms with Crippen molar-refractivity contribution >= 4 is 29.9 Å². The lowest BCUT2D eigenvalue weighted by Gasteiger charge is -2.21. The summed E-state index contributed by atoms with van der Waals surface area (Å²) < 4.78 is 29.2. The van der Waals surface area contributed by atoms with Gasteiger partial charge in [0, 0.05) is 20.2 Å². The van der Waals surface area contributed by atoms with Crippen LogP contribution in [0.25, 0.3) is 0 Å². The summed E-state index contributed by atoms with van der Waals surface area (Å²) in [4.78, 5) is 10.8. The number of hydrogen-bond donors (Lipinski definition) is 1. The molecule has 1 atom stereocenters. The molecule has 1 N–H and O–H groups in total. The van der Waals surface area contributed by atoms with E-state index in [0.717, 1.165) is 6.54 Å². The summed E-state index contributed by atoms with van der Waals surface area (Å²) in [5, 5.41) is 7.15. The molecule has 0 aliphatic heterocycles. The van der Waals surface area contributed by atoms with Crippen LogP contribution in [0.2, 0.25) is 0 Å². The van der Waals surface area contributed by atoms with E-state index in [1.165, 1.54) is 12.1 Å². The summed E-state index contributed by atoms with van der Waals surface area (Å²) in [5.41, 5.74) is 0. The third-order valence-corrected chi connectivity index (χ3v) is 3.83. The smallest absolute Gasteiger partial charge is 0.248 e. The molecule has 0 spiro atoms. The van der Waals surface area contributed by atoms with E-state index in [-0.39, 0.29) is 42.4 Å². The van der Waals surface area contributed by atoms with Gasteiger partial charge in [-0.15, -0.1) is 24.0 Å². The molecule has 2 rings (SSSR count). The van der Waals surface area contributed by atoms with Crippen LogP contribution < -0.4 is 10.1 Å². The van der Waals surface area contributed by atoms with Gasteiger partial charge < -0.3 is 24.2 Å². The van der Waals surface area contributed by atoms with Gasteiger partial charge in [-0.1, -0.05) is 5.16 Å². The highest BCUT2D eigenvalue weighted by atomic mass is 127. The Kier molecular flexibility index (Phi) is 11.5. The summed E-state index contributed by atoms with van der Waals surface area (Å²) in [7, 11) is 1.91. The topological polar surface area (TPSA) is 85.0 Å². The van der Waals surface area contributed by atoms with Crippen molar-refractivity contribution in [1.29, 1.82) is 0 Å². The van der Waals surface area contributed by atoms with Crippen molar-refractivity contribution in [2.75, 3.05) is 33.4 Å². The number of nitrogens with zero attached hydrogens (tertiary/aromatic N) is 4. The number of aliphatic imine (C=N–C) groups is 1. The van der Waals surface area contributed by atoms with Crippen LogP contribution in [0.4, 0.5) is 4.39 Å². The van der Waals surface area contributed by atoms with Crippen molar-refractivity contribution in [1.82, 2.24) is 20.4 Å². The van der Waals surface area contributed by atoms with Crippen LogP contribution in [0.1, 0.15) is 38.6 Å². The molecule has 29 heavy (non-hydrogen) atoms. The second-order valence-electron chi connectivity index (χ2n) is 6.04. The molecule has 10 heteroatoms. The van der Waals surface area contributed by atoms with Gasteiger partial charge >= 0.3 is 0 Å². The maximum absolute atomic E-state index is 12.9. The van der Waals surface area contributed by atoms with E-state index in [9.17, 15) is 4.39 Å². The summed E-state index contributed by atoms with van der Waals surface area (Å²) in [6.45, 7) is 8.38. The second-order valence-corrected chi connectivity index (χ2v) is 6.04. The Morgan fingerprint density at radius 1 is 1.31 bits per heavy atom. The van der Waals surface area contributed by atoms with Crippen molar-refractivity contribution in [3.8, 4) is 5.75 Å². The number of nitrogens with one attached hydrogen (secondary N) is 1.